The van der Waals surface area contributed by atoms with E-state index in [0.29, 0.717) is 31.1 Å². The van der Waals surface area contributed by atoms with E-state index in [4.69, 9.17) is 9.84 Å². The largest absolute Gasteiger partial charge is 0.481 e. The number of carboxylic acids is 1. The standard InChI is InChI=1S/C15H24N2O4/c1-10(2)5-12(14(18)19)8-16-7-11-6-13(15(20)21-4)17(3)9-11/h6,9-10,12,16H,5,7-8H2,1-4H3,(H,18,19). The fraction of sp³-hybridized carbons (Fsp3) is 0.600. The molecule has 6 heteroatoms. The summed E-state index contributed by atoms with van der Waals surface area (Å²) in [6.07, 6.45) is 2.47. The molecule has 0 aliphatic rings. The highest BCUT2D eigenvalue weighted by atomic mass is 16.5. The summed E-state index contributed by atoms with van der Waals surface area (Å²) in [4.78, 5) is 22.7. The number of hydrogen-bond donors (Lipinski definition) is 2. The summed E-state index contributed by atoms with van der Waals surface area (Å²) < 4.78 is 6.39. The van der Waals surface area contributed by atoms with Crippen LogP contribution in [0.2, 0.25) is 0 Å². The summed E-state index contributed by atoms with van der Waals surface area (Å²) >= 11 is 0. The first-order valence-electron chi connectivity index (χ1n) is 7.02. The van der Waals surface area contributed by atoms with Gasteiger partial charge in [0.1, 0.15) is 5.69 Å². The highest BCUT2D eigenvalue weighted by molar-refractivity contribution is 5.87. The molecule has 0 aromatic carbocycles. The van der Waals surface area contributed by atoms with Crippen molar-refractivity contribution >= 4 is 11.9 Å². The smallest absolute Gasteiger partial charge is 0.354 e. The second-order valence-corrected chi connectivity index (χ2v) is 5.63. The molecule has 0 spiro atoms. The third-order valence-electron chi connectivity index (χ3n) is 3.28. The van der Waals surface area contributed by atoms with Crippen LogP contribution in [0.25, 0.3) is 0 Å². The summed E-state index contributed by atoms with van der Waals surface area (Å²) in [7, 11) is 3.12. The van der Waals surface area contributed by atoms with Gasteiger partial charge in [-0.25, -0.2) is 4.79 Å². The average Bonchev–Trinajstić information content (AvgIpc) is 2.77. The van der Waals surface area contributed by atoms with E-state index in [1.54, 1.807) is 17.7 Å². The van der Waals surface area contributed by atoms with E-state index in [2.05, 4.69) is 5.32 Å². The Kier molecular flexibility index (Phi) is 6.42. The van der Waals surface area contributed by atoms with Gasteiger partial charge in [0.05, 0.1) is 13.0 Å². The molecule has 0 radical (unpaired) electrons. The van der Waals surface area contributed by atoms with Crippen molar-refractivity contribution in [2.75, 3.05) is 13.7 Å². The minimum absolute atomic E-state index is 0.343. The number of rotatable bonds is 8. The first kappa shape index (κ1) is 17.2. The predicted octanol–water partition coefficient (Wildman–Crippen LogP) is 1.65. The summed E-state index contributed by atoms with van der Waals surface area (Å²) in [6, 6.07) is 1.75. The molecule has 0 aliphatic heterocycles. The van der Waals surface area contributed by atoms with Gasteiger partial charge in [-0.2, -0.15) is 0 Å². The van der Waals surface area contributed by atoms with E-state index in [0.717, 1.165) is 5.56 Å². The second-order valence-electron chi connectivity index (χ2n) is 5.63. The van der Waals surface area contributed by atoms with Crippen LogP contribution in [0, 0.1) is 11.8 Å². The van der Waals surface area contributed by atoms with Crippen LogP contribution in [0.4, 0.5) is 0 Å². The molecule has 1 unspecified atom stereocenters. The Hall–Kier alpha value is -1.82. The lowest BCUT2D eigenvalue weighted by atomic mass is 9.97. The maximum Gasteiger partial charge on any atom is 0.354 e. The maximum atomic E-state index is 11.5. The molecule has 1 heterocycles. The lowest BCUT2D eigenvalue weighted by Gasteiger charge is -2.15. The molecule has 21 heavy (non-hydrogen) atoms. The Balaban J connectivity index is 2.55. The van der Waals surface area contributed by atoms with E-state index in [1.807, 2.05) is 20.0 Å². The molecular formula is C15H24N2O4. The van der Waals surface area contributed by atoms with Crippen molar-refractivity contribution in [2.24, 2.45) is 18.9 Å². The third kappa shape index (κ3) is 5.23. The minimum Gasteiger partial charge on any atom is -0.481 e. The lowest BCUT2D eigenvalue weighted by Crippen LogP contribution is -2.29. The van der Waals surface area contributed by atoms with E-state index in [-0.39, 0.29) is 5.97 Å². The van der Waals surface area contributed by atoms with Gasteiger partial charge in [0, 0.05) is 26.3 Å². The predicted molar refractivity (Wildman–Crippen MR) is 79.0 cm³/mol. The first-order chi connectivity index (χ1) is 9.85. The minimum atomic E-state index is -0.778. The van der Waals surface area contributed by atoms with Crippen LogP contribution in [0.3, 0.4) is 0 Å². The van der Waals surface area contributed by atoms with Crippen molar-refractivity contribution in [3.8, 4) is 0 Å². The number of esters is 1. The lowest BCUT2D eigenvalue weighted by molar-refractivity contribution is -0.142. The number of hydrogen-bond acceptors (Lipinski definition) is 4. The fourth-order valence-electron chi connectivity index (χ4n) is 2.27. The fourth-order valence-corrected chi connectivity index (χ4v) is 2.27. The van der Waals surface area contributed by atoms with Gasteiger partial charge < -0.3 is 19.7 Å². The summed E-state index contributed by atoms with van der Waals surface area (Å²) in [6.45, 7) is 4.95. The van der Waals surface area contributed by atoms with E-state index < -0.39 is 11.9 Å². The molecule has 6 nitrogen and oxygen atoms in total. The Labute approximate surface area is 125 Å². The van der Waals surface area contributed by atoms with Gasteiger partial charge in [-0.15, -0.1) is 0 Å². The number of carbonyl (C=O) groups is 2. The Morgan fingerprint density at radius 1 is 1.43 bits per heavy atom. The van der Waals surface area contributed by atoms with Crippen LogP contribution in [0.1, 0.15) is 36.3 Å². The number of ether oxygens (including phenoxy) is 1. The highest BCUT2D eigenvalue weighted by Crippen LogP contribution is 2.12. The van der Waals surface area contributed by atoms with Crippen molar-refractivity contribution in [1.29, 1.82) is 0 Å². The topological polar surface area (TPSA) is 80.6 Å². The van der Waals surface area contributed by atoms with Gasteiger partial charge in [-0.05, 0) is 24.0 Å². The number of carboxylic acid groups (broad SMARTS) is 1. The van der Waals surface area contributed by atoms with Gasteiger partial charge in [0.25, 0.3) is 0 Å². The molecule has 0 saturated heterocycles. The Morgan fingerprint density at radius 2 is 2.10 bits per heavy atom. The van der Waals surface area contributed by atoms with E-state index in [9.17, 15) is 9.59 Å². The van der Waals surface area contributed by atoms with Crippen LogP contribution in [0.15, 0.2) is 12.3 Å². The maximum absolute atomic E-state index is 11.5. The highest BCUT2D eigenvalue weighted by Gasteiger charge is 2.18. The van der Waals surface area contributed by atoms with Crippen LogP contribution >= 0.6 is 0 Å². The first-order valence-corrected chi connectivity index (χ1v) is 7.02. The van der Waals surface area contributed by atoms with Crippen molar-refractivity contribution in [1.82, 2.24) is 9.88 Å². The number of aryl methyl sites for hydroxylation is 1. The van der Waals surface area contributed by atoms with Crippen LogP contribution in [0.5, 0.6) is 0 Å². The molecule has 1 atom stereocenters. The zero-order chi connectivity index (χ0) is 16.0. The SMILES string of the molecule is COC(=O)c1cc(CNCC(CC(C)C)C(=O)O)cn1C. The number of nitrogens with zero attached hydrogens (tertiary/aromatic N) is 1. The van der Waals surface area contributed by atoms with E-state index in [1.165, 1.54) is 7.11 Å². The molecule has 1 rings (SSSR count). The van der Waals surface area contributed by atoms with Gasteiger partial charge in [0.15, 0.2) is 0 Å². The summed E-state index contributed by atoms with van der Waals surface area (Å²) in [5, 5.41) is 12.3. The van der Waals surface area contributed by atoms with Gasteiger partial charge in [0.2, 0.25) is 0 Å². The summed E-state index contributed by atoms with van der Waals surface area (Å²) in [5.74, 6) is -1.21. The van der Waals surface area contributed by atoms with Gasteiger partial charge in [-0.3, -0.25) is 4.79 Å². The average molecular weight is 296 g/mol. The molecule has 1 aromatic rings. The van der Waals surface area contributed by atoms with E-state index >= 15 is 0 Å². The normalized spacial score (nSPS) is 12.4. The monoisotopic (exact) mass is 296 g/mol. The second kappa shape index (κ2) is 7.83. The van der Waals surface area contributed by atoms with Crippen molar-refractivity contribution in [2.45, 2.75) is 26.8 Å². The van der Waals surface area contributed by atoms with Gasteiger partial charge >= 0.3 is 11.9 Å². The number of nitrogens with one attached hydrogen (secondary N) is 1. The van der Waals surface area contributed by atoms with Gasteiger partial charge in [-0.1, -0.05) is 13.8 Å². The quantitative estimate of drug-likeness (QED) is 0.713. The molecule has 0 aliphatic carbocycles. The third-order valence-corrected chi connectivity index (χ3v) is 3.28. The van der Waals surface area contributed by atoms with Crippen molar-refractivity contribution < 1.29 is 19.4 Å². The Bertz CT molecular complexity index is 494. The Morgan fingerprint density at radius 3 is 2.62 bits per heavy atom. The van der Waals surface area contributed by atoms with Crippen LogP contribution in [-0.2, 0) is 23.1 Å². The molecule has 0 saturated carbocycles. The molecule has 0 amide bonds. The zero-order valence-corrected chi connectivity index (χ0v) is 13.0. The summed E-state index contributed by atoms with van der Waals surface area (Å²) in [5.41, 5.74) is 1.40. The number of methoxy groups -OCH3 is 1. The van der Waals surface area contributed by atoms with Crippen molar-refractivity contribution in [3.63, 3.8) is 0 Å². The molecule has 2 N–H and O–H groups in total. The zero-order valence-electron chi connectivity index (χ0n) is 13.0. The number of aromatic nitrogens is 1. The van der Waals surface area contributed by atoms with Crippen LogP contribution in [-0.4, -0.2) is 35.3 Å². The molecule has 0 fully saturated rings. The number of carbonyl (C=O) groups excluding carboxylic acids is 1. The molecular weight excluding hydrogens is 272 g/mol. The van der Waals surface area contributed by atoms with Crippen molar-refractivity contribution in [3.05, 3.63) is 23.5 Å². The molecule has 1 aromatic heterocycles. The molecule has 118 valence electrons. The number of aliphatic carboxylic acids is 1. The molecule has 0 bridgehead atoms. The van der Waals surface area contributed by atoms with Crippen LogP contribution < -0.4 is 5.32 Å².